The van der Waals surface area contributed by atoms with Crippen LogP contribution in [0.15, 0.2) is 40.3 Å². The van der Waals surface area contributed by atoms with E-state index in [1.807, 2.05) is 23.6 Å². The van der Waals surface area contributed by atoms with E-state index in [-0.39, 0.29) is 12.5 Å². The number of amides is 2. The van der Waals surface area contributed by atoms with Crippen molar-refractivity contribution in [3.05, 3.63) is 46.5 Å². The quantitative estimate of drug-likeness (QED) is 0.810. The minimum atomic E-state index is -0.987. The summed E-state index contributed by atoms with van der Waals surface area (Å²) in [4.78, 5) is 22.9. The summed E-state index contributed by atoms with van der Waals surface area (Å²) in [5.41, 5.74) is 4.89. The number of hydrogen-bond acceptors (Lipinski definition) is 4. The molecule has 1 atom stereocenters. The van der Waals surface area contributed by atoms with Crippen LogP contribution in [0, 0.1) is 0 Å². The summed E-state index contributed by atoms with van der Waals surface area (Å²) >= 11 is 1.56. The monoisotopic (exact) mass is 264 g/mol. The molecule has 0 saturated carbocycles. The average Bonchev–Trinajstić information content (AvgIpc) is 3.01. The van der Waals surface area contributed by atoms with E-state index in [9.17, 15) is 9.59 Å². The lowest BCUT2D eigenvalue weighted by atomic mass is 10.0. The third-order valence-electron chi connectivity index (χ3n) is 2.46. The van der Waals surface area contributed by atoms with Crippen molar-refractivity contribution >= 4 is 23.2 Å². The molecule has 0 bridgehead atoms. The van der Waals surface area contributed by atoms with Gasteiger partial charge in [0.05, 0.1) is 12.2 Å². The number of thiophene rings is 1. The molecule has 94 valence electrons. The van der Waals surface area contributed by atoms with Crippen molar-refractivity contribution in [1.29, 1.82) is 0 Å². The van der Waals surface area contributed by atoms with E-state index in [1.165, 1.54) is 0 Å². The van der Waals surface area contributed by atoms with Crippen molar-refractivity contribution in [2.45, 2.75) is 5.92 Å². The molecule has 2 aromatic rings. The molecule has 2 rings (SSSR count). The van der Waals surface area contributed by atoms with Crippen molar-refractivity contribution in [3.63, 3.8) is 0 Å². The Balaban J connectivity index is 2.12. The summed E-state index contributed by atoms with van der Waals surface area (Å²) in [5.74, 6) is -1.15. The summed E-state index contributed by atoms with van der Waals surface area (Å²) in [6.07, 6.45) is 1.58. The number of nitrogens with one attached hydrogen (secondary N) is 1. The van der Waals surface area contributed by atoms with Crippen LogP contribution >= 0.6 is 11.3 Å². The summed E-state index contributed by atoms with van der Waals surface area (Å²) in [6, 6.07) is 7.49. The van der Waals surface area contributed by atoms with Crippen molar-refractivity contribution in [1.82, 2.24) is 5.32 Å². The van der Waals surface area contributed by atoms with Gasteiger partial charge in [0.1, 0.15) is 5.76 Å². The highest BCUT2D eigenvalue weighted by Gasteiger charge is 2.20. The highest BCUT2D eigenvalue weighted by atomic mass is 32.1. The first-order valence-electron chi connectivity index (χ1n) is 5.33. The third kappa shape index (κ3) is 2.78. The zero-order valence-electron chi connectivity index (χ0n) is 9.46. The Labute approximate surface area is 108 Å². The molecule has 2 amide bonds. The van der Waals surface area contributed by atoms with Gasteiger partial charge in [-0.05, 0) is 23.6 Å². The van der Waals surface area contributed by atoms with Crippen LogP contribution in [-0.2, 0) is 9.59 Å². The Morgan fingerprint density at radius 1 is 1.39 bits per heavy atom. The lowest BCUT2D eigenvalue weighted by molar-refractivity contribution is -0.137. The second-order valence-electron chi connectivity index (χ2n) is 3.66. The second kappa shape index (κ2) is 5.50. The first-order chi connectivity index (χ1) is 8.68. The van der Waals surface area contributed by atoms with Gasteiger partial charge in [0, 0.05) is 11.4 Å². The first-order valence-corrected chi connectivity index (χ1v) is 6.21. The molecule has 5 nitrogen and oxygen atoms in total. The predicted molar refractivity (Wildman–Crippen MR) is 67.1 cm³/mol. The van der Waals surface area contributed by atoms with Crippen LogP contribution in [0.5, 0.6) is 0 Å². The third-order valence-corrected chi connectivity index (χ3v) is 3.45. The van der Waals surface area contributed by atoms with Gasteiger partial charge < -0.3 is 15.5 Å². The lowest BCUT2D eigenvalue weighted by Crippen LogP contribution is -2.38. The Kier molecular flexibility index (Phi) is 3.78. The van der Waals surface area contributed by atoms with E-state index in [4.69, 9.17) is 10.2 Å². The van der Waals surface area contributed by atoms with E-state index >= 15 is 0 Å². The van der Waals surface area contributed by atoms with Gasteiger partial charge in [-0.3, -0.25) is 9.59 Å². The van der Waals surface area contributed by atoms with Gasteiger partial charge in [-0.1, -0.05) is 6.07 Å². The van der Waals surface area contributed by atoms with E-state index in [0.717, 1.165) is 10.6 Å². The molecule has 0 fully saturated rings. The maximum atomic E-state index is 11.2. The highest BCUT2D eigenvalue weighted by Crippen LogP contribution is 2.27. The Bertz CT molecular complexity index is 485. The summed E-state index contributed by atoms with van der Waals surface area (Å²) in [7, 11) is 0. The Morgan fingerprint density at radius 2 is 2.22 bits per heavy atom. The van der Waals surface area contributed by atoms with Gasteiger partial charge in [-0.15, -0.1) is 11.3 Å². The highest BCUT2D eigenvalue weighted by molar-refractivity contribution is 7.10. The topological polar surface area (TPSA) is 85.3 Å². The molecule has 2 aromatic heterocycles. The number of hydrogen-bond donors (Lipinski definition) is 2. The smallest absolute Gasteiger partial charge is 0.309 e. The molecule has 0 unspecified atom stereocenters. The average molecular weight is 264 g/mol. The van der Waals surface area contributed by atoms with E-state index < -0.39 is 11.8 Å². The summed E-state index contributed by atoms with van der Waals surface area (Å²) in [6.45, 7) is 0.274. The van der Waals surface area contributed by atoms with Crippen LogP contribution in [0.4, 0.5) is 0 Å². The number of carbonyl (C=O) groups is 2. The van der Waals surface area contributed by atoms with Gasteiger partial charge >= 0.3 is 11.8 Å². The predicted octanol–water partition coefficient (Wildman–Crippen LogP) is 1.07. The van der Waals surface area contributed by atoms with Crippen LogP contribution in [0.3, 0.4) is 0 Å². The molecule has 0 aliphatic rings. The number of rotatable bonds is 4. The minimum Gasteiger partial charge on any atom is -0.469 e. The summed E-state index contributed by atoms with van der Waals surface area (Å²) < 4.78 is 5.35. The van der Waals surface area contributed by atoms with Gasteiger partial charge in [-0.2, -0.15) is 0 Å². The molecule has 0 aliphatic heterocycles. The fraction of sp³-hybridized carbons (Fsp3) is 0.167. The molecule has 18 heavy (non-hydrogen) atoms. The van der Waals surface area contributed by atoms with Crippen LogP contribution in [0.25, 0.3) is 0 Å². The Morgan fingerprint density at radius 3 is 2.78 bits per heavy atom. The molecule has 0 aromatic carbocycles. The lowest BCUT2D eigenvalue weighted by Gasteiger charge is -2.13. The molecule has 6 heteroatoms. The maximum absolute atomic E-state index is 11.2. The zero-order valence-corrected chi connectivity index (χ0v) is 10.3. The number of furan rings is 1. The number of nitrogens with two attached hydrogens (primary N) is 1. The second-order valence-corrected chi connectivity index (χ2v) is 4.64. The van der Waals surface area contributed by atoms with Crippen molar-refractivity contribution in [3.8, 4) is 0 Å². The fourth-order valence-electron chi connectivity index (χ4n) is 1.60. The molecule has 0 radical (unpaired) electrons. The molecule has 3 N–H and O–H groups in total. The standard InChI is InChI=1S/C12H12N2O3S/c13-11(15)12(16)14-7-8(9-3-1-5-17-9)10-4-2-6-18-10/h1-6,8H,7H2,(H2,13,15)(H,14,16)/t8-/m0/s1. The zero-order chi connectivity index (χ0) is 13.0. The van der Waals surface area contributed by atoms with Gasteiger partial charge in [0.25, 0.3) is 0 Å². The number of primary amides is 1. The largest absolute Gasteiger partial charge is 0.469 e. The normalized spacial score (nSPS) is 12.0. The fourth-order valence-corrected chi connectivity index (χ4v) is 2.44. The molecule has 2 heterocycles. The SMILES string of the molecule is NC(=O)C(=O)NC[C@@H](c1ccco1)c1cccs1. The molecule has 0 aliphatic carbocycles. The maximum Gasteiger partial charge on any atom is 0.309 e. The van der Waals surface area contributed by atoms with Gasteiger partial charge in [-0.25, -0.2) is 0 Å². The molecule has 0 saturated heterocycles. The first kappa shape index (κ1) is 12.4. The molecular weight excluding hydrogens is 252 g/mol. The summed E-state index contributed by atoms with van der Waals surface area (Å²) in [5, 5.41) is 4.44. The van der Waals surface area contributed by atoms with Gasteiger partial charge in [0.15, 0.2) is 0 Å². The van der Waals surface area contributed by atoms with Crippen LogP contribution in [0.1, 0.15) is 16.6 Å². The van der Waals surface area contributed by atoms with Crippen LogP contribution in [0.2, 0.25) is 0 Å². The van der Waals surface area contributed by atoms with Crippen molar-refractivity contribution in [2.75, 3.05) is 6.54 Å². The molecule has 0 spiro atoms. The van der Waals surface area contributed by atoms with E-state index in [2.05, 4.69) is 5.32 Å². The van der Waals surface area contributed by atoms with Crippen LogP contribution in [-0.4, -0.2) is 18.4 Å². The minimum absolute atomic E-state index is 0.108. The van der Waals surface area contributed by atoms with Crippen molar-refractivity contribution in [2.24, 2.45) is 5.73 Å². The van der Waals surface area contributed by atoms with Crippen molar-refractivity contribution < 1.29 is 14.0 Å². The Hall–Kier alpha value is -2.08. The van der Waals surface area contributed by atoms with E-state index in [1.54, 1.807) is 23.7 Å². The van der Waals surface area contributed by atoms with E-state index in [0.29, 0.717) is 0 Å². The number of carbonyl (C=O) groups excluding carboxylic acids is 2. The molecular formula is C12H12N2O3S. The van der Waals surface area contributed by atoms with Gasteiger partial charge in [0.2, 0.25) is 0 Å². The van der Waals surface area contributed by atoms with Crippen LogP contribution < -0.4 is 11.1 Å².